The molecule has 2 fully saturated rings. The van der Waals surface area contributed by atoms with Crippen molar-refractivity contribution in [3.05, 3.63) is 24.3 Å². The highest BCUT2D eigenvalue weighted by molar-refractivity contribution is 6.06. The van der Waals surface area contributed by atoms with Gasteiger partial charge in [-0.25, -0.2) is 0 Å². The Morgan fingerprint density at radius 1 is 1.12 bits per heavy atom. The monoisotopic (exact) mass is 231 g/mol. The van der Waals surface area contributed by atoms with Gasteiger partial charge in [0.15, 0.2) is 0 Å². The number of imide groups is 1. The third kappa shape index (κ3) is 1.46. The van der Waals surface area contributed by atoms with Gasteiger partial charge in [0, 0.05) is 13.1 Å². The Hall–Kier alpha value is -2.04. The van der Waals surface area contributed by atoms with Crippen molar-refractivity contribution in [2.75, 3.05) is 23.7 Å². The summed E-state index contributed by atoms with van der Waals surface area (Å²) >= 11 is 0. The maximum absolute atomic E-state index is 11.5. The highest BCUT2D eigenvalue weighted by Gasteiger charge is 2.47. The van der Waals surface area contributed by atoms with Gasteiger partial charge < -0.3 is 10.6 Å². The number of nitrogens with one attached hydrogen (secondary N) is 1. The van der Waals surface area contributed by atoms with Gasteiger partial charge in [-0.15, -0.1) is 0 Å². The molecular formula is C12H13N3O2. The lowest BCUT2D eigenvalue weighted by Crippen LogP contribution is -2.31. The van der Waals surface area contributed by atoms with Gasteiger partial charge in [-0.2, -0.15) is 0 Å². The SMILES string of the molecule is Nc1ccccc1N1CC2C(=O)NC(=O)C2C1. The molecule has 3 rings (SSSR count). The minimum Gasteiger partial charge on any atom is -0.397 e. The van der Waals surface area contributed by atoms with Crippen molar-refractivity contribution < 1.29 is 9.59 Å². The summed E-state index contributed by atoms with van der Waals surface area (Å²) in [5.41, 5.74) is 7.48. The van der Waals surface area contributed by atoms with Crippen LogP contribution in [0.1, 0.15) is 0 Å². The first kappa shape index (κ1) is 10.1. The number of para-hydroxylation sites is 2. The van der Waals surface area contributed by atoms with Crippen LogP contribution in [-0.4, -0.2) is 24.9 Å². The number of hydrogen-bond donors (Lipinski definition) is 2. The molecule has 0 spiro atoms. The smallest absolute Gasteiger partial charge is 0.232 e. The number of nitrogens with zero attached hydrogens (tertiary/aromatic N) is 1. The summed E-state index contributed by atoms with van der Waals surface area (Å²) in [7, 11) is 0. The van der Waals surface area contributed by atoms with E-state index in [2.05, 4.69) is 5.32 Å². The minimum atomic E-state index is -0.220. The van der Waals surface area contributed by atoms with E-state index in [1.54, 1.807) is 0 Å². The van der Waals surface area contributed by atoms with Crippen molar-refractivity contribution in [3.63, 3.8) is 0 Å². The van der Waals surface area contributed by atoms with E-state index >= 15 is 0 Å². The van der Waals surface area contributed by atoms with Gasteiger partial charge in [0.25, 0.3) is 0 Å². The van der Waals surface area contributed by atoms with E-state index in [-0.39, 0.29) is 23.7 Å². The van der Waals surface area contributed by atoms with Gasteiger partial charge in [0.2, 0.25) is 11.8 Å². The van der Waals surface area contributed by atoms with E-state index in [4.69, 9.17) is 5.73 Å². The highest BCUT2D eigenvalue weighted by Crippen LogP contribution is 2.34. The van der Waals surface area contributed by atoms with Gasteiger partial charge in [0.05, 0.1) is 23.2 Å². The van der Waals surface area contributed by atoms with Crippen LogP contribution < -0.4 is 16.0 Å². The lowest BCUT2D eigenvalue weighted by molar-refractivity contribution is -0.126. The maximum Gasteiger partial charge on any atom is 0.232 e. The zero-order valence-corrected chi connectivity index (χ0v) is 9.22. The molecule has 2 atom stereocenters. The molecule has 1 aromatic rings. The fourth-order valence-electron chi connectivity index (χ4n) is 2.61. The quantitative estimate of drug-likeness (QED) is 0.526. The summed E-state index contributed by atoms with van der Waals surface area (Å²) in [6.45, 7) is 1.13. The fourth-order valence-corrected chi connectivity index (χ4v) is 2.61. The van der Waals surface area contributed by atoms with Gasteiger partial charge in [-0.05, 0) is 12.1 Å². The normalized spacial score (nSPS) is 27.2. The van der Waals surface area contributed by atoms with Crippen molar-refractivity contribution in [1.29, 1.82) is 0 Å². The summed E-state index contributed by atoms with van der Waals surface area (Å²) < 4.78 is 0. The fraction of sp³-hybridized carbons (Fsp3) is 0.333. The van der Waals surface area contributed by atoms with Crippen molar-refractivity contribution in [2.24, 2.45) is 11.8 Å². The highest BCUT2D eigenvalue weighted by atomic mass is 16.2. The molecule has 0 bridgehead atoms. The van der Waals surface area contributed by atoms with Crippen LogP contribution in [0.15, 0.2) is 24.3 Å². The minimum absolute atomic E-state index is 0.156. The van der Waals surface area contributed by atoms with Crippen LogP contribution in [-0.2, 0) is 9.59 Å². The number of rotatable bonds is 1. The summed E-state index contributed by atoms with van der Waals surface area (Å²) in [5, 5.41) is 2.37. The van der Waals surface area contributed by atoms with Gasteiger partial charge in [0.1, 0.15) is 0 Å². The van der Waals surface area contributed by atoms with Gasteiger partial charge in [-0.1, -0.05) is 12.1 Å². The van der Waals surface area contributed by atoms with Crippen LogP contribution >= 0.6 is 0 Å². The summed E-state index contributed by atoms with van der Waals surface area (Å²) in [6, 6.07) is 7.51. The molecule has 0 radical (unpaired) electrons. The molecule has 2 amide bonds. The molecule has 1 aromatic carbocycles. The first-order valence-corrected chi connectivity index (χ1v) is 5.61. The van der Waals surface area contributed by atoms with Crippen LogP contribution in [0.3, 0.4) is 0 Å². The topological polar surface area (TPSA) is 75.4 Å². The number of carbonyl (C=O) groups excluding carboxylic acids is 2. The number of nitrogen functional groups attached to an aromatic ring is 1. The lowest BCUT2D eigenvalue weighted by atomic mass is 10.00. The predicted molar refractivity (Wildman–Crippen MR) is 63.2 cm³/mol. The van der Waals surface area contributed by atoms with E-state index in [1.807, 2.05) is 29.2 Å². The summed E-state index contributed by atoms with van der Waals surface area (Å²) in [6.07, 6.45) is 0. The Balaban J connectivity index is 1.88. The second-order valence-corrected chi connectivity index (χ2v) is 4.53. The Morgan fingerprint density at radius 3 is 2.29 bits per heavy atom. The molecule has 17 heavy (non-hydrogen) atoms. The average Bonchev–Trinajstić information content (AvgIpc) is 2.83. The molecule has 5 heteroatoms. The first-order valence-electron chi connectivity index (χ1n) is 5.61. The molecule has 2 saturated heterocycles. The van der Waals surface area contributed by atoms with Crippen LogP contribution in [0.25, 0.3) is 0 Å². The van der Waals surface area contributed by atoms with Crippen LogP contribution in [0, 0.1) is 11.8 Å². The van der Waals surface area contributed by atoms with Gasteiger partial charge >= 0.3 is 0 Å². The van der Waals surface area contributed by atoms with E-state index < -0.39 is 0 Å². The molecule has 2 aliphatic heterocycles. The zero-order valence-electron chi connectivity index (χ0n) is 9.22. The molecule has 5 nitrogen and oxygen atoms in total. The number of nitrogens with two attached hydrogens (primary N) is 1. The van der Waals surface area contributed by atoms with Crippen molar-refractivity contribution >= 4 is 23.2 Å². The van der Waals surface area contributed by atoms with Gasteiger partial charge in [-0.3, -0.25) is 14.9 Å². The Labute approximate surface area is 98.6 Å². The standard InChI is InChI=1S/C12H13N3O2/c13-9-3-1-2-4-10(9)15-5-7-8(6-15)12(17)14-11(7)16/h1-4,7-8H,5-6,13H2,(H,14,16,17). The molecule has 0 aromatic heterocycles. The number of hydrogen-bond acceptors (Lipinski definition) is 4. The molecule has 88 valence electrons. The summed E-state index contributed by atoms with van der Waals surface area (Å²) in [5.74, 6) is -0.752. The second-order valence-electron chi connectivity index (χ2n) is 4.53. The van der Waals surface area contributed by atoms with E-state index in [1.165, 1.54) is 0 Å². The average molecular weight is 231 g/mol. The van der Waals surface area contributed by atoms with Crippen LogP contribution in [0.4, 0.5) is 11.4 Å². The largest absolute Gasteiger partial charge is 0.397 e. The molecule has 0 aliphatic carbocycles. The second kappa shape index (κ2) is 3.48. The molecule has 2 heterocycles. The van der Waals surface area contributed by atoms with Crippen molar-refractivity contribution in [1.82, 2.24) is 5.32 Å². The van der Waals surface area contributed by atoms with Crippen molar-refractivity contribution in [2.45, 2.75) is 0 Å². The number of anilines is 2. The number of benzene rings is 1. The molecule has 2 aliphatic rings. The maximum atomic E-state index is 11.5. The predicted octanol–water partition coefficient (Wildman–Crippen LogP) is -0.0224. The van der Waals surface area contributed by atoms with E-state index in [0.717, 1.165) is 5.69 Å². The van der Waals surface area contributed by atoms with E-state index in [0.29, 0.717) is 18.8 Å². The van der Waals surface area contributed by atoms with Crippen LogP contribution in [0.5, 0.6) is 0 Å². The number of fused-ring (bicyclic) bond motifs is 1. The van der Waals surface area contributed by atoms with Crippen LogP contribution in [0.2, 0.25) is 0 Å². The van der Waals surface area contributed by atoms with Crippen molar-refractivity contribution in [3.8, 4) is 0 Å². The Kier molecular flexibility index (Phi) is 2.07. The Bertz CT molecular complexity index is 478. The molecule has 3 N–H and O–H groups in total. The Morgan fingerprint density at radius 2 is 1.71 bits per heavy atom. The third-order valence-electron chi connectivity index (χ3n) is 3.52. The zero-order chi connectivity index (χ0) is 12.0. The third-order valence-corrected chi connectivity index (χ3v) is 3.52. The first-order chi connectivity index (χ1) is 8.16. The molecule has 0 saturated carbocycles. The molecule has 2 unspecified atom stereocenters. The number of amides is 2. The summed E-state index contributed by atoms with van der Waals surface area (Å²) in [4.78, 5) is 25.1. The lowest BCUT2D eigenvalue weighted by Gasteiger charge is -2.20. The van der Waals surface area contributed by atoms with E-state index in [9.17, 15) is 9.59 Å². The molecular weight excluding hydrogens is 218 g/mol. The number of carbonyl (C=O) groups is 2.